The van der Waals surface area contributed by atoms with Gasteiger partial charge in [0.1, 0.15) is 6.54 Å². The number of carbonyl (C=O) groups is 2. The van der Waals surface area contributed by atoms with Crippen LogP contribution in [0.4, 0.5) is 0 Å². The number of methoxy groups -OCH3 is 1. The van der Waals surface area contributed by atoms with Crippen molar-refractivity contribution in [2.24, 2.45) is 0 Å². The number of nitrogens with one attached hydrogen (secondary N) is 1. The zero-order chi connectivity index (χ0) is 13.5. The SMILES string of the molecule is CCCN(CC(=O)OC)C(=O)CNC(C)(C)C. The fraction of sp³-hybridized carbons (Fsp3) is 0.833. The maximum absolute atomic E-state index is 11.9. The normalized spacial score (nSPS) is 11.1. The molecule has 1 N–H and O–H groups in total. The fourth-order valence-electron chi connectivity index (χ4n) is 1.23. The molecule has 0 spiro atoms. The van der Waals surface area contributed by atoms with Crippen LogP contribution in [0.25, 0.3) is 0 Å². The molecular weight excluding hydrogens is 220 g/mol. The van der Waals surface area contributed by atoms with Gasteiger partial charge in [0.15, 0.2) is 0 Å². The predicted octanol–water partition coefficient (Wildman–Crippen LogP) is 0.786. The summed E-state index contributed by atoms with van der Waals surface area (Å²) in [5, 5.41) is 3.11. The summed E-state index contributed by atoms with van der Waals surface area (Å²) in [6.45, 7) is 8.77. The predicted molar refractivity (Wildman–Crippen MR) is 66.6 cm³/mol. The van der Waals surface area contributed by atoms with Crippen LogP contribution in [0.2, 0.25) is 0 Å². The van der Waals surface area contributed by atoms with E-state index in [1.165, 1.54) is 12.0 Å². The van der Waals surface area contributed by atoms with Gasteiger partial charge in [0.25, 0.3) is 0 Å². The summed E-state index contributed by atoms with van der Waals surface area (Å²) in [6, 6.07) is 0. The van der Waals surface area contributed by atoms with E-state index < -0.39 is 0 Å². The van der Waals surface area contributed by atoms with Crippen molar-refractivity contribution < 1.29 is 14.3 Å². The molecule has 0 heterocycles. The molecule has 0 aromatic carbocycles. The number of amides is 1. The third kappa shape index (κ3) is 7.74. The van der Waals surface area contributed by atoms with Crippen LogP contribution in [0.15, 0.2) is 0 Å². The highest BCUT2D eigenvalue weighted by Crippen LogP contribution is 1.99. The highest BCUT2D eigenvalue weighted by atomic mass is 16.5. The van der Waals surface area contributed by atoms with Gasteiger partial charge in [0.2, 0.25) is 5.91 Å². The van der Waals surface area contributed by atoms with Gasteiger partial charge in [-0.3, -0.25) is 9.59 Å². The Labute approximate surface area is 103 Å². The molecule has 0 aromatic rings. The van der Waals surface area contributed by atoms with Crippen molar-refractivity contribution in [2.75, 3.05) is 26.7 Å². The van der Waals surface area contributed by atoms with Crippen LogP contribution >= 0.6 is 0 Å². The number of esters is 1. The molecule has 100 valence electrons. The number of hydrogen-bond acceptors (Lipinski definition) is 4. The summed E-state index contributed by atoms with van der Waals surface area (Å²) >= 11 is 0. The van der Waals surface area contributed by atoms with Gasteiger partial charge in [-0.05, 0) is 27.2 Å². The third-order valence-corrected chi connectivity index (χ3v) is 2.16. The summed E-state index contributed by atoms with van der Waals surface area (Å²) in [5.74, 6) is -0.463. The maximum atomic E-state index is 11.9. The monoisotopic (exact) mass is 244 g/mol. The summed E-state index contributed by atoms with van der Waals surface area (Å²) < 4.78 is 4.57. The first-order valence-electron chi connectivity index (χ1n) is 5.89. The molecule has 0 aliphatic carbocycles. The zero-order valence-electron chi connectivity index (χ0n) is 11.5. The fourth-order valence-corrected chi connectivity index (χ4v) is 1.23. The van der Waals surface area contributed by atoms with Crippen LogP contribution in [0, 0.1) is 0 Å². The average molecular weight is 244 g/mol. The van der Waals surface area contributed by atoms with Gasteiger partial charge in [0, 0.05) is 12.1 Å². The lowest BCUT2D eigenvalue weighted by Crippen LogP contribution is -2.46. The zero-order valence-corrected chi connectivity index (χ0v) is 11.5. The van der Waals surface area contributed by atoms with E-state index in [1.54, 1.807) is 0 Å². The molecule has 5 heteroatoms. The number of carbonyl (C=O) groups excluding carboxylic acids is 2. The minimum atomic E-state index is -0.387. The van der Waals surface area contributed by atoms with Gasteiger partial charge >= 0.3 is 5.97 Å². The topological polar surface area (TPSA) is 58.6 Å². The van der Waals surface area contributed by atoms with Gasteiger partial charge in [0.05, 0.1) is 13.7 Å². The number of nitrogens with zero attached hydrogens (tertiary/aromatic N) is 1. The first-order valence-corrected chi connectivity index (χ1v) is 5.89. The van der Waals surface area contributed by atoms with Gasteiger partial charge in [-0.25, -0.2) is 0 Å². The van der Waals surface area contributed by atoms with E-state index in [0.717, 1.165) is 6.42 Å². The van der Waals surface area contributed by atoms with Crippen molar-refractivity contribution in [1.82, 2.24) is 10.2 Å². The van der Waals surface area contributed by atoms with E-state index in [1.807, 2.05) is 27.7 Å². The summed E-state index contributed by atoms with van der Waals surface area (Å²) in [6.07, 6.45) is 0.818. The van der Waals surface area contributed by atoms with Gasteiger partial charge in [-0.15, -0.1) is 0 Å². The van der Waals surface area contributed by atoms with Crippen LogP contribution in [0.3, 0.4) is 0 Å². The highest BCUT2D eigenvalue weighted by molar-refractivity contribution is 5.83. The molecule has 0 saturated heterocycles. The molecule has 1 amide bonds. The molecule has 0 unspecified atom stereocenters. The van der Waals surface area contributed by atoms with Crippen LogP contribution in [0.1, 0.15) is 34.1 Å². The molecule has 0 aliphatic heterocycles. The van der Waals surface area contributed by atoms with Gasteiger partial charge < -0.3 is 15.0 Å². The third-order valence-electron chi connectivity index (χ3n) is 2.16. The average Bonchev–Trinajstić information content (AvgIpc) is 2.24. The first kappa shape index (κ1) is 15.9. The second-order valence-electron chi connectivity index (χ2n) is 4.99. The van der Waals surface area contributed by atoms with E-state index in [0.29, 0.717) is 6.54 Å². The van der Waals surface area contributed by atoms with E-state index in [9.17, 15) is 9.59 Å². The van der Waals surface area contributed by atoms with Crippen molar-refractivity contribution in [3.63, 3.8) is 0 Å². The summed E-state index contributed by atoms with van der Waals surface area (Å²) in [4.78, 5) is 24.6. The lowest BCUT2D eigenvalue weighted by molar-refractivity contribution is -0.146. The van der Waals surface area contributed by atoms with E-state index >= 15 is 0 Å². The van der Waals surface area contributed by atoms with E-state index in [4.69, 9.17) is 0 Å². The van der Waals surface area contributed by atoms with Crippen molar-refractivity contribution in [1.29, 1.82) is 0 Å². The molecule has 0 aromatic heterocycles. The standard InChI is InChI=1S/C12H24N2O3/c1-6-7-14(9-11(16)17-5)10(15)8-13-12(2,3)4/h13H,6-9H2,1-5H3. The second-order valence-corrected chi connectivity index (χ2v) is 4.99. The molecule has 0 fully saturated rings. The highest BCUT2D eigenvalue weighted by Gasteiger charge is 2.18. The Bertz CT molecular complexity index is 259. The molecular formula is C12H24N2O3. The molecule has 17 heavy (non-hydrogen) atoms. The van der Waals surface area contributed by atoms with E-state index in [-0.39, 0.29) is 30.5 Å². The molecule has 0 saturated carbocycles. The number of rotatable bonds is 6. The Kier molecular flexibility index (Phi) is 6.80. The first-order chi connectivity index (χ1) is 7.80. The quantitative estimate of drug-likeness (QED) is 0.702. The van der Waals surface area contributed by atoms with Crippen molar-refractivity contribution >= 4 is 11.9 Å². The van der Waals surface area contributed by atoms with Crippen molar-refractivity contribution in [3.8, 4) is 0 Å². The maximum Gasteiger partial charge on any atom is 0.325 e. The minimum absolute atomic E-state index is 0.0228. The largest absolute Gasteiger partial charge is 0.468 e. The Morgan fingerprint density at radius 3 is 2.29 bits per heavy atom. The molecule has 5 nitrogen and oxygen atoms in total. The van der Waals surface area contributed by atoms with Crippen LogP contribution < -0.4 is 5.32 Å². The Balaban J connectivity index is 4.29. The van der Waals surface area contributed by atoms with Crippen molar-refractivity contribution in [2.45, 2.75) is 39.7 Å². The Hall–Kier alpha value is -1.10. The summed E-state index contributed by atoms with van der Waals surface area (Å²) in [7, 11) is 1.32. The lowest BCUT2D eigenvalue weighted by Gasteiger charge is -2.25. The Morgan fingerprint density at radius 1 is 1.29 bits per heavy atom. The number of hydrogen-bond donors (Lipinski definition) is 1. The van der Waals surface area contributed by atoms with Crippen LogP contribution in [-0.4, -0.2) is 49.1 Å². The van der Waals surface area contributed by atoms with Crippen LogP contribution in [-0.2, 0) is 14.3 Å². The molecule has 0 atom stereocenters. The van der Waals surface area contributed by atoms with Crippen LogP contribution in [0.5, 0.6) is 0 Å². The lowest BCUT2D eigenvalue weighted by atomic mass is 10.1. The summed E-state index contributed by atoms with van der Waals surface area (Å²) in [5.41, 5.74) is -0.112. The molecule has 0 bridgehead atoms. The molecule has 0 radical (unpaired) electrons. The Morgan fingerprint density at radius 2 is 1.88 bits per heavy atom. The molecule has 0 rings (SSSR count). The van der Waals surface area contributed by atoms with Crippen molar-refractivity contribution in [3.05, 3.63) is 0 Å². The van der Waals surface area contributed by atoms with Gasteiger partial charge in [-0.1, -0.05) is 6.92 Å². The second kappa shape index (κ2) is 7.27. The smallest absolute Gasteiger partial charge is 0.325 e. The number of ether oxygens (including phenoxy) is 1. The van der Waals surface area contributed by atoms with E-state index in [2.05, 4.69) is 10.1 Å². The minimum Gasteiger partial charge on any atom is -0.468 e. The molecule has 0 aliphatic rings. The van der Waals surface area contributed by atoms with Gasteiger partial charge in [-0.2, -0.15) is 0 Å².